The number of nitrogens with one attached hydrogen (secondary N) is 1. The third-order valence-electron chi connectivity index (χ3n) is 5.29. The van der Waals surface area contributed by atoms with Crippen LogP contribution in [0.25, 0.3) is 0 Å². The maximum atomic E-state index is 12.8. The number of hydrogen-bond donors (Lipinski definition) is 1. The molecule has 3 rings (SSSR count). The van der Waals surface area contributed by atoms with E-state index < -0.39 is 0 Å². The Morgan fingerprint density at radius 2 is 2.00 bits per heavy atom. The Labute approximate surface area is 126 Å². The first-order chi connectivity index (χ1) is 10.0. The van der Waals surface area contributed by atoms with E-state index in [0.717, 1.165) is 56.8 Å². The SMILES string of the molecule is Cc1c(C(=O)N2CCN(C)C3(CCNCC3)C2)cnn1C. The van der Waals surface area contributed by atoms with Gasteiger partial charge in [-0.25, -0.2) is 0 Å². The monoisotopic (exact) mass is 291 g/mol. The molecule has 0 radical (unpaired) electrons. The lowest BCUT2D eigenvalue weighted by atomic mass is 9.84. The summed E-state index contributed by atoms with van der Waals surface area (Å²) in [5.41, 5.74) is 1.83. The zero-order chi connectivity index (χ0) is 15.0. The van der Waals surface area contributed by atoms with Crippen LogP contribution in [0.2, 0.25) is 0 Å². The molecule has 1 N–H and O–H groups in total. The van der Waals surface area contributed by atoms with Crippen LogP contribution < -0.4 is 5.32 Å². The summed E-state index contributed by atoms with van der Waals surface area (Å²) in [7, 11) is 4.08. The van der Waals surface area contributed by atoms with E-state index >= 15 is 0 Å². The Hall–Kier alpha value is -1.40. The van der Waals surface area contributed by atoms with Crippen LogP contribution in [0, 0.1) is 6.92 Å². The molecule has 1 spiro atoms. The number of piperazine rings is 1. The molecular weight excluding hydrogens is 266 g/mol. The molecule has 0 aromatic carbocycles. The Morgan fingerprint density at radius 1 is 1.29 bits per heavy atom. The number of carbonyl (C=O) groups excluding carboxylic acids is 1. The lowest BCUT2D eigenvalue weighted by Crippen LogP contribution is -2.64. The van der Waals surface area contributed by atoms with Gasteiger partial charge in [-0.2, -0.15) is 5.10 Å². The van der Waals surface area contributed by atoms with E-state index in [9.17, 15) is 4.79 Å². The summed E-state index contributed by atoms with van der Waals surface area (Å²) in [5.74, 6) is 0.131. The van der Waals surface area contributed by atoms with E-state index in [-0.39, 0.29) is 11.4 Å². The van der Waals surface area contributed by atoms with Crippen molar-refractivity contribution < 1.29 is 4.79 Å². The minimum atomic E-state index is 0.131. The van der Waals surface area contributed by atoms with Gasteiger partial charge in [-0.05, 0) is 39.9 Å². The second-order valence-corrected chi connectivity index (χ2v) is 6.39. The van der Waals surface area contributed by atoms with Gasteiger partial charge >= 0.3 is 0 Å². The number of piperidine rings is 1. The second kappa shape index (κ2) is 5.42. The van der Waals surface area contributed by atoms with E-state index in [1.165, 1.54) is 0 Å². The maximum absolute atomic E-state index is 12.8. The average Bonchev–Trinajstić information content (AvgIpc) is 2.82. The fourth-order valence-electron chi connectivity index (χ4n) is 3.55. The van der Waals surface area contributed by atoms with Gasteiger partial charge in [0.15, 0.2) is 0 Å². The van der Waals surface area contributed by atoms with Gasteiger partial charge < -0.3 is 10.2 Å². The molecule has 2 fully saturated rings. The van der Waals surface area contributed by atoms with Crippen molar-refractivity contribution in [1.82, 2.24) is 24.9 Å². The maximum Gasteiger partial charge on any atom is 0.257 e. The predicted molar refractivity (Wildman–Crippen MR) is 81.3 cm³/mol. The van der Waals surface area contributed by atoms with Crippen LogP contribution in [-0.2, 0) is 7.05 Å². The van der Waals surface area contributed by atoms with Crippen LogP contribution in [0.1, 0.15) is 28.9 Å². The first kappa shape index (κ1) is 14.5. The molecule has 2 aliphatic heterocycles. The first-order valence-electron chi connectivity index (χ1n) is 7.73. The summed E-state index contributed by atoms with van der Waals surface area (Å²) in [5, 5.41) is 7.62. The van der Waals surface area contributed by atoms with Crippen LogP contribution in [-0.4, -0.2) is 70.8 Å². The number of carbonyl (C=O) groups is 1. The smallest absolute Gasteiger partial charge is 0.257 e. The molecule has 0 aliphatic carbocycles. The van der Waals surface area contributed by atoms with Gasteiger partial charge in [0.1, 0.15) is 0 Å². The van der Waals surface area contributed by atoms with Gasteiger partial charge in [-0.1, -0.05) is 0 Å². The summed E-state index contributed by atoms with van der Waals surface area (Å²) < 4.78 is 1.77. The predicted octanol–water partition coefficient (Wildman–Crippen LogP) is 0.238. The molecule has 1 amide bonds. The van der Waals surface area contributed by atoms with Crippen molar-refractivity contribution in [3.63, 3.8) is 0 Å². The van der Waals surface area contributed by atoms with Crippen molar-refractivity contribution in [2.75, 3.05) is 39.8 Å². The molecular formula is C15H25N5O. The fourth-order valence-corrected chi connectivity index (χ4v) is 3.55. The van der Waals surface area contributed by atoms with Gasteiger partial charge in [0.25, 0.3) is 5.91 Å². The van der Waals surface area contributed by atoms with Gasteiger partial charge in [0.05, 0.1) is 11.8 Å². The van der Waals surface area contributed by atoms with E-state index in [4.69, 9.17) is 0 Å². The zero-order valence-electron chi connectivity index (χ0n) is 13.2. The average molecular weight is 291 g/mol. The minimum absolute atomic E-state index is 0.131. The van der Waals surface area contributed by atoms with Crippen molar-refractivity contribution in [2.24, 2.45) is 7.05 Å². The van der Waals surface area contributed by atoms with Crippen LogP contribution >= 0.6 is 0 Å². The topological polar surface area (TPSA) is 53.4 Å². The number of hydrogen-bond acceptors (Lipinski definition) is 4. The van der Waals surface area contributed by atoms with Crippen LogP contribution in [0.4, 0.5) is 0 Å². The minimum Gasteiger partial charge on any atom is -0.335 e. The molecule has 1 aromatic heterocycles. The summed E-state index contributed by atoms with van der Waals surface area (Å²) in [6.07, 6.45) is 3.92. The molecule has 0 unspecified atom stereocenters. The van der Waals surface area contributed by atoms with Gasteiger partial charge in [-0.15, -0.1) is 0 Å². The lowest BCUT2D eigenvalue weighted by Gasteiger charge is -2.51. The summed E-state index contributed by atoms with van der Waals surface area (Å²) >= 11 is 0. The van der Waals surface area contributed by atoms with Crippen LogP contribution in [0.15, 0.2) is 6.20 Å². The standard InChI is InChI=1S/C15H25N5O/c1-12-13(10-17-19(12)3)14(21)20-9-8-18(2)15(11-20)4-6-16-7-5-15/h10,16H,4-9,11H2,1-3H3. The van der Waals surface area contributed by atoms with Gasteiger partial charge in [0.2, 0.25) is 0 Å². The fraction of sp³-hybridized carbons (Fsp3) is 0.733. The van der Waals surface area contributed by atoms with E-state index in [0.29, 0.717) is 0 Å². The second-order valence-electron chi connectivity index (χ2n) is 6.39. The molecule has 2 saturated heterocycles. The molecule has 6 heteroatoms. The van der Waals surface area contributed by atoms with Gasteiger partial charge in [0, 0.05) is 37.9 Å². The largest absolute Gasteiger partial charge is 0.335 e. The molecule has 2 aliphatic rings. The lowest BCUT2D eigenvalue weighted by molar-refractivity contribution is -0.00102. The molecule has 116 valence electrons. The highest BCUT2D eigenvalue weighted by molar-refractivity contribution is 5.95. The number of rotatable bonds is 1. The molecule has 0 saturated carbocycles. The quantitative estimate of drug-likeness (QED) is 0.805. The summed E-state index contributed by atoms with van der Waals surface area (Å²) in [4.78, 5) is 17.3. The van der Waals surface area contributed by atoms with Crippen molar-refractivity contribution in [2.45, 2.75) is 25.3 Å². The van der Waals surface area contributed by atoms with Crippen LogP contribution in [0.3, 0.4) is 0 Å². The zero-order valence-corrected chi connectivity index (χ0v) is 13.2. The molecule has 21 heavy (non-hydrogen) atoms. The number of amides is 1. The number of nitrogens with zero attached hydrogens (tertiary/aromatic N) is 4. The van der Waals surface area contributed by atoms with E-state index in [2.05, 4.69) is 22.4 Å². The first-order valence-corrected chi connectivity index (χ1v) is 7.73. The molecule has 3 heterocycles. The van der Waals surface area contributed by atoms with Crippen molar-refractivity contribution in [1.29, 1.82) is 0 Å². The number of aryl methyl sites for hydroxylation is 1. The normalized spacial score (nSPS) is 22.7. The summed E-state index contributed by atoms with van der Waals surface area (Å²) in [6, 6.07) is 0. The number of likely N-dealkylation sites (N-methyl/N-ethyl adjacent to an activating group) is 1. The van der Waals surface area contributed by atoms with Crippen molar-refractivity contribution in [3.05, 3.63) is 17.5 Å². The molecule has 6 nitrogen and oxygen atoms in total. The highest BCUT2D eigenvalue weighted by Crippen LogP contribution is 2.30. The highest BCUT2D eigenvalue weighted by atomic mass is 16.2. The van der Waals surface area contributed by atoms with Crippen molar-refractivity contribution >= 4 is 5.91 Å². The van der Waals surface area contributed by atoms with E-state index in [1.54, 1.807) is 10.9 Å². The summed E-state index contributed by atoms with van der Waals surface area (Å²) in [6.45, 7) is 6.62. The number of aromatic nitrogens is 2. The van der Waals surface area contributed by atoms with Gasteiger partial charge in [-0.3, -0.25) is 14.4 Å². The Morgan fingerprint density at radius 3 is 2.62 bits per heavy atom. The Balaban J connectivity index is 1.80. The Kier molecular flexibility index (Phi) is 3.75. The van der Waals surface area contributed by atoms with Crippen molar-refractivity contribution in [3.8, 4) is 0 Å². The third kappa shape index (κ3) is 2.46. The third-order valence-corrected chi connectivity index (χ3v) is 5.29. The molecule has 0 atom stereocenters. The van der Waals surface area contributed by atoms with E-state index in [1.807, 2.05) is 18.9 Å². The Bertz CT molecular complexity index is 532. The highest BCUT2D eigenvalue weighted by Gasteiger charge is 2.42. The molecule has 0 bridgehead atoms. The molecule has 1 aromatic rings. The van der Waals surface area contributed by atoms with Crippen LogP contribution in [0.5, 0.6) is 0 Å².